The molecule has 0 unspecified atom stereocenters. The number of aryl methyl sites for hydroxylation is 1. The first-order valence-corrected chi connectivity index (χ1v) is 6.07. The molecule has 1 rings (SSSR count). The predicted octanol–water partition coefficient (Wildman–Crippen LogP) is 1.50. The van der Waals surface area contributed by atoms with Crippen LogP contribution in [0.1, 0.15) is 9.75 Å². The Labute approximate surface area is 105 Å². The Morgan fingerprint density at radius 1 is 1.62 bits per heavy atom. The summed E-state index contributed by atoms with van der Waals surface area (Å²) in [7, 11) is 1.65. The first-order valence-electron chi connectivity index (χ1n) is 4.84. The van der Waals surface area contributed by atoms with E-state index in [1.165, 1.54) is 4.88 Å². The number of ether oxygens (including phenoxy) is 1. The number of methoxy groups -OCH3 is 1. The standard InChI is InChI=1S/C10H15N3OS2/c1-8-3-4-9(16-8)7-12-13-10(15)11-5-6-14-2/h3-4,7H,5-6H2,1-2H3,(H2,11,13,15). The van der Waals surface area contributed by atoms with E-state index in [1.54, 1.807) is 24.7 Å². The molecule has 4 nitrogen and oxygen atoms in total. The molecular formula is C10H15N3OS2. The second-order valence-electron chi connectivity index (χ2n) is 3.07. The molecule has 0 aliphatic rings. The third kappa shape index (κ3) is 5.20. The largest absolute Gasteiger partial charge is 0.383 e. The topological polar surface area (TPSA) is 45.6 Å². The fraction of sp³-hybridized carbons (Fsp3) is 0.400. The van der Waals surface area contributed by atoms with Gasteiger partial charge in [0.2, 0.25) is 0 Å². The molecule has 0 aliphatic carbocycles. The van der Waals surface area contributed by atoms with Gasteiger partial charge in [0, 0.05) is 23.4 Å². The number of rotatable bonds is 5. The lowest BCUT2D eigenvalue weighted by atomic mass is 10.4. The van der Waals surface area contributed by atoms with Crippen molar-refractivity contribution in [2.45, 2.75) is 6.92 Å². The number of hydrogen-bond acceptors (Lipinski definition) is 4. The highest BCUT2D eigenvalue weighted by atomic mass is 32.1. The van der Waals surface area contributed by atoms with Gasteiger partial charge in [0.05, 0.1) is 12.8 Å². The molecule has 1 heterocycles. The van der Waals surface area contributed by atoms with Gasteiger partial charge in [-0.25, -0.2) is 0 Å². The Kier molecular flexibility index (Phi) is 5.99. The summed E-state index contributed by atoms with van der Waals surface area (Å²) in [6.07, 6.45) is 1.75. The molecule has 1 aromatic rings. The molecular weight excluding hydrogens is 242 g/mol. The van der Waals surface area contributed by atoms with Crippen LogP contribution < -0.4 is 10.7 Å². The van der Waals surface area contributed by atoms with Crippen LogP contribution >= 0.6 is 23.6 Å². The van der Waals surface area contributed by atoms with Gasteiger partial charge in [0.1, 0.15) is 0 Å². The van der Waals surface area contributed by atoms with Crippen LogP contribution in [0.2, 0.25) is 0 Å². The zero-order valence-corrected chi connectivity index (χ0v) is 11.0. The lowest BCUT2D eigenvalue weighted by Gasteiger charge is -2.05. The van der Waals surface area contributed by atoms with Crippen molar-refractivity contribution in [2.24, 2.45) is 5.10 Å². The van der Waals surface area contributed by atoms with Crippen molar-refractivity contribution in [1.29, 1.82) is 0 Å². The van der Waals surface area contributed by atoms with E-state index in [9.17, 15) is 0 Å². The smallest absolute Gasteiger partial charge is 0.187 e. The van der Waals surface area contributed by atoms with Gasteiger partial charge in [0.15, 0.2) is 5.11 Å². The molecule has 2 N–H and O–H groups in total. The fourth-order valence-electron chi connectivity index (χ4n) is 0.983. The van der Waals surface area contributed by atoms with Crippen molar-refractivity contribution < 1.29 is 4.74 Å². The minimum Gasteiger partial charge on any atom is -0.383 e. The summed E-state index contributed by atoms with van der Waals surface area (Å²) in [5.41, 5.74) is 2.74. The van der Waals surface area contributed by atoms with Gasteiger partial charge < -0.3 is 10.1 Å². The quantitative estimate of drug-likeness (QED) is 0.363. The van der Waals surface area contributed by atoms with Gasteiger partial charge in [-0.2, -0.15) is 5.10 Å². The SMILES string of the molecule is COCCNC(=S)NN=Cc1ccc(C)s1. The van der Waals surface area contributed by atoms with Crippen LogP contribution in [0.15, 0.2) is 17.2 Å². The van der Waals surface area contributed by atoms with Gasteiger partial charge in [0.25, 0.3) is 0 Å². The molecule has 0 aliphatic heterocycles. The Morgan fingerprint density at radius 2 is 2.44 bits per heavy atom. The molecule has 1 aromatic heterocycles. The highest BCUT2D eigenvalue weighted by molar-refractivity contribution is 7.80. The van der Waals surface area contributed by atoms with E-state index in [0.29, 0.717) is 18.3 Å². The molecule has 0 atom stereocenters. The van der Waals surface area contributed by atoms with E-state index < -0.39 is 0 Å². The van der Waals surface area contributed by atoms with Crippen LogP contribution in [-0.2, 0) is 4.74 Å². The van der Waals surface area contributed by atoms with E-state index in [2.05, 4.69) is 28.8 Å². The van der Waals surface area contributed by atoms with E-state index >= 15 is 0 Å². The second kappa shape index (κ2) is 7.32. The van der Waals surface area contributed by atoms with Crippen LogP contribution in [0.5, 0.6) is 0 Å². The molecule has 0 radical (unpaired) electrons. The molecule has 6 heteroatoms. The summed E-state index contributed by atoms with van der Waals surface area (Å²) >= 11 is 6.69. The van der Waals surface area contributed by atoms with Gasteiger partial charge in [-0.15, -0.1) is 11.3 Å². The van der Waals surface area contributed by atoms with E-state index in [-0.39, 0.29) is 0 Å². The van der Waals surface area contributed by atoms with Crippen LogP contribution in [0.4, 0.5) is 0 Å². The molecule has 0 spiro atoms. The Bertz CT molecular complexity index is 363. The van der Waals surface area contributed by atoms with E-state index in [0.717, 1.165) is 4.88 Å². The first-order chi connectivity index (χ1) is 7.72. The summed E-state index contributed by atoms with van der Waals surface area (Å²) in [6, 6.07) is 4.08. The van der Waals surface area contributed by atoms with Crippen molar-refractivity contribution in [2.75, 3.05) is 20.3 Å². The zero-order chi connectivity index (χ0) is 11.8. The normalized spacial score (nSPS) is 10.6. The van der Waals surface area contributed by atoms with Crippen LogP contribution in [0.3, 0.4) is 0 Å². The number of thiocarbonyl (C=S) groups is 1. The first kappa shape index (κ1) is 13.1. The Balaban J connectivity index is 2.23. The highest BCUT2D eigenvalue weighted by Crippen LogP contribution is 2.11. The molecule has 0 aromatic carbocycles. The van der Waals surface area contributed by atoms with Crippen molar-refractivity contribution in [1.82, 2.24) is 10.7 Å². The number of hydrazone groups is 1. The third-order valence-corrected chi connectivity index (χ3v) is 2.88. The number of nitrogens with one attached hydrogen (secondary N) is 2. The van der Waals surface area contributed by atoms with Crippen molar-refractivity contribution in [3.8, 4) is 0 Å². The van der Waals surface area contributed by atoms with Gasteiger partial charge in [-0.1, -0.05) is 0 Å². The zero-order valence-electron chi connectivity index (χ0n) is 9.32. The molecule has 0 saturated carbocycles. The van der Waals surface area contributed by atoms with Crippen molar-refractivity contribution >= 4 is 34.9 Å². The maximum absolute atomic E-state index is 5.00. The molecule has 0 amide bonds. The van der Waals surface area contributed by atoms with Crippen LogP contribution in [0, 0.1) is 6.92 Å². The highest BCUT2D eigenvalue weighted by Gasteiger charge is 1.93. The van der Waals surface area contributed by atoms with Crippen LogP contribution in [0.25, 0.3) is 0 Å². The third-order valence-electron chi connectivity index (χ3n) is 1.71. The lowest BCUT2D eigenvalue weighted by Crippen LogP contribution is -2.34. The number of nitrogens with zero attached hydrogens (tertiary/aromatic N) is 1. The predicted molar refractivity (Wildman–Crippen MR) is 72.3 cm³/mol. The fourth-order valence-corrected chi connectivity index (χ4v) is 1.89. The summed E-state index contributed by atoms with van der Waals surface area (Å²) in [5, 5.41) is 7.49. The monoisotopic (exact) mass is 257 g/mol. The maximum Gasteiger partial charge on any atom is 0.187 e. The molecule has 0 bridgehead atoms. The van der Waals surface area contributed by atoms with Gasteiger partial charge in [-0.05, 0) is 31.3 Å². The van der Waals surface area contributed by atoms with Crippen LogP contribution in [-0.4, -0.2) is 31.6 Å². The summed E-state index contributed by atoms with van der Waals surface area (Å²) < 4.78 is 4.88. The average Bonchev–Trinajstić information content (AvgIpc) is 2.65. The summed E-state index contributed by atoms with van der Waals surface area (Å²) in [6.45, 7) is 3.36. The Morgan fingerprint density at radius 3 is 3.06 bits per heavy atom. The van der Waals surface area contributed by atoms with Gasteiger partial charge in [-0.3, -0.25) is 5.43 Å². The lowest BCUT2D eigenvalue weighted by molar-refractivity contribution is 0.204. The Hall–Kier alpha value is -0.980. The number of hydrogen-bond donors (Lipinski definition) is 2. The molecule has 16 heavy (non-hydrogen) atoms. The second-order valence-corrected chi connectivity index (χ2v) is 4.79. The molecule has 88 valence electrons. The van der Waals surface area contributed by atoms with E-state index in [1.807, 2.05) is 6.07 Å². The summed E-state index contributed by atoms with van der Waals surface area (Å²) in [4.78, 5) is 2.37. The van der Waals surface area contributed by atoms with E-state index in [4.69, 9.17) is 17.0 Å². The number of thiophene rings is 1. The minimum absolute atomic E-state index is 0.501. The molecule has 0 fully saturated rings. The van der Waals surface area contributed by atoms with Crippen molar-refractivity contribution in [3.05, 3.63) is 21.9 Å². The summed E-state index contributed by atoms with van der Waals surface area (Å²) in [5.74, 6) is 0. The molecule has 0 saturated heterocycles. The van der Waals surface area contributed by atoms with Crippen molar-refractivity contribution in [3.63, 3.8) is 0 Å². The minimum atomic E-state index is 0.501. The average molecular weight is 257 g/mol. The maximum atomic E-state index is 5.00. The van der Waals surface area contributed by atoms with Gasteiger partial charge >= 0.3 is 0 Å².